The number of fused-ring (bicyclic) bond motifs is 9. The van der Waals surface area contributed by atoms with Gasteiger partial charge in [0.15, 0.2) is 0 Å². The third-order valence-corrected chi connectivity index (χ3v) is 9.80. The molecule has 0 saturated carbocycles. The maximum Gasteiger partial charge on any atom is 0.236 e. The average molecular weight is 607 g/mol. The van der Waals surface area contributed by atoms with Crippen LogP contribution in [0.3, 0.4) is 0 Å². The first-order valence-electron chi connectivity index (χ1n) is 13.5. The lowest BCUT2D eigenvalue weighted by Gasteiger charge is -2.11. The number of hydrogen-bond acceptors (Lipinski definition) is 3. The van der Waals surface area contributed by atoms with Crippen LogP contribution in [-0.4, -0.2) is 14.5 Å². The topological polar surface area (TPSA) is 30.7 Å². The van der Waals surface area contributed by atoms with Crippen molar-refractivity contribution in [1.29, 1.82) is 0 Å². The molecule has 0 saturated heterocycles. The standard InChI is InChI=1S/C36H20BrN3S/c37-28-20-30-32(25-12-4-3-11-24(25)28)26-13-5-7-15-29(26)40(30)36-38-34(23-18-17-21-9-1-2-10-22(21)19-23)33-27-14-6-8-16-31(27)41-35(33)39-36/h1-20H. The van der Waals surface area contributed by atoms with Crippen molar-refractivity contribution in [3.8, 4) is 17.2 Å². The number of para-hydroxylation sites is 1. The summed E-state index contributed by atoms with van der Waals surface area (Å²) in [4.78, 5) is 11.7. The van der Waals surface area contributed by atoms with E-state index < -0.39 is 0 Å². The zero-order valence-electron chi connectivity index (χ0n) is 21.7. The Morgan fingerprint density at radius 3 is 2.15 bits per heavy atom. The molecule has 5 heteroatoms. The lowest BCUT2D eigenvalue weighted by molar-refractivity contribution is 1.02. The van der Waals surface area contributed by atoms with Crippen LogP contribution in [0.25, 0.3) is 80.9 Å². The second kappa shape index (κ2) is 8.71. The van der Waals surface area contributed by atoms with Crippen LogP contribution in [0.5, 0.6) is 0 Å². The Balaban J connectivity index is 1.44. The van der Waals surface area contributed by atoms with E-state index in [0.29, 0.717) is 5.95 Å². The summed E-state index contributed by atoms with van der Waals surface area (Å²) in [6, 6.07) is 43.1. The quantitative estimate of drug-likeness (QED) is 0.196. The Bertz CT molecular complexity index is 2510. The predicted octanol–water partition coefficient (Wildman–Crippen LogP) is 10.7. The summed E-state index contributed by atoms with van der Waals surface area (Å²) in [5.74, 6) is 0.681. The van der Waals surface area contributed by atoms with Gasteiger partial charge in [0.05, 0.1) is 16.7 Å². The number of aromatic nitrogens is 3. The first kappa shape index (κ1) is 23.2. The maximum absolute atomic E-state index is 5.40. The van der Waals surface area contributed by atoms with E-state index in [9.17, 15) is 0 Å². The zero-order valence-corrected chi connectivity index (χ0v) is 24.1. The van der Waals surface area contributed by atoms with E-state index in [1.165, 1.54) is 42.4 Å². The van der Waals surface area contributed by atoms with Gasteiger partial charge in [-0.1, -0.05) is 113 Å². The van der Waals surface area contributed by atoms with Crippen LogP contribution in [0.15, 0.2) is 126 Å². The monoisotopic (exact) mass is 605 g/mol. The van der Waals surface area contributed by atoms with E-state index in [-0.39, 0.29) is 0 Å². The van der Waals surface area contributed by atoms with E-state index in [4.69, 9.17) is 9.97 Å². The molecular weight excluding hydrogens is 586 g/mol. The van der Waals surface area contributed by atoms with Gasteiger partial charge in [0.2, 0.25) is 5.95 Å². The number of halogens is 1. The minimum atomic E-state index is 0.681. The molecule has 192 valence electrons. The number of benzene rings is 6. The van der Waals surface area contributed by atoms with Crippen molar-refractivity contribution in [1.82, 2.24) is 14.5 Å². The molecule has 3 heterocycles. The molecule has 0 amide bonds. The summed E-state index contributed by atoms with van der Waals surface area (Å²) in [6.07, 6.45) is 0. The van der Waals surface area contributed by atoms with Crippen molar-refractivity contribution in [3.05, 3.63) is 126 Å². The molecule has 9 aromatic rings. The van der Waals surface area contributed by atoms with Crippen molar-refractivity contribution >= 4 is 90.9 Å². The summed E-state index contributed by atoms with van der Waals surface area (Å²) < 4.78 is 4.50. The van der Waals surface area contributed by atoms with Gasteiger partial charge in [-0.15, -0.1) is 11.3 Å². The molecule has 0 N–H and O–H groups in total. The predicted molar refractivity (Wildman–Crippen MR) is 177 cm³/mol. The van der Waals surface area contributed by atoms with Crippen LogP contribution in [0, 0.1) is 0 Å². The maximum atomic E-state index is 5.40. The fourth-order valence-corrected chi connectivity index (χ4v) is 7.89. The first-order chi connectivity index (χ1) is 20.2. The van der Waals surface area contributed by atoms with Gasteiger partial charge in [-0.05, 0) is 45.8 Å². The largest absolute Gasteiger partial charge is 0.278 e. The molecular formula is C36H20BrN3S. The zero-order chi connectivity index (χ0) is 27.1. The fraction of sp³-hybridized carbons (Fsp3) is 0. The summed E-state index contributed by atoms with van der Waals surface area (Å²) in [5, 5.41) is 9.53. The third-order valence-electron chi connectivity index (χ3n) is 8.08. The van der Waals surface area contributed by atoms with Crippen LogP contribution in [0.4, 0.5) is 0 Å². The van der Waals surface area contributed by atoms with E-state index in [2.05, 4.69) is 142 Å². The lowest BCUT2D eigenvalue weighted by atomic mass is 10.0. The van der Waals surface area contributed by atoms with Gasteiger partial charge in [-0.3, -0.25) is 4.57 Å². The second-order valence-corrected chi connectivity index (χ2v) is 12.2. The second-order valence-electron chi connectivity index (χ2n) is 10.4. The molecule has 0 fully saturated rings. The van der Waals surface area contributed by atoms with E-state index in [0.717, 1.165) is 37.0 Å². The van der Waals surface area contributed by atoms with Gasteiger partial charge < -0.3 is 0 Å². The molecule has 0 aliphatic carbocycles. The molecule has 41 heavy (non-hydrogen) atoms. The van der Waals surface area contributed by atoms with Crippen LogP contribution in [-0.2, 0) is 0 Å². The van der Waals surface area contributed by atoms with Crippen LogP contribution in [0.1, 0.15) is 0 Å². The van der Waals surface area contributed by atoms with Crippen molar-refractivity contribution in [2.24, 2.45) is 0 Å². The lowest BCUT2D eigenvalue weighted by Crippen LogP contribution is -2.02. The Hall–Kier alpha value is -4.58. The molecule has 0 atom stereocenters. The first-order valence-corrected chi connectivity index (χ1v) is 15.1. The number of thiophene rings is 1. The summed E-state index contributed by atoms with van der Waals surface area (Å²) in [7, 11) is 0. The van der Waals surface area contributed by atoms with E-state index in [1.54, 1.807) is 11.3 Å². The molecule has 0 aliphatic rings. The molecule has 0 spiro atoms. The normalized spacial score (nSPS) is 12.0. The highest BCUT2D eigenvalue weighted by molar-refractivity contribution is 9.10. The van der Waals surface area contributed by atoms with Gasteiger partial charge in [-0.25, -0.2) is 9.97 Å². The number of nitrogens with zero attached hydrogens (tertiary/aromatic N) is 3. The Labute approximate surface area is 247 Å². The Morgan fingerprint density at radius 2 is 1.27 bits per heavy atom. The van der Waals surface area contributed by atoms with E-state index >= 15 is 0 Å². The smallest absolute Gasteiger partial charge is 0.236 e. The highest BCUT2D eigenvalue weighted by Crippen LogP contribution is 2.42. The van der Waals surface area contributed by atoms with Crippen molar-refractivity contribution in [2.45, 2.75) is 0 Å². The molecule has 3 aromatic heterocycles. The van der Waals surface area contributed by atoms with Crippen LogP contribution < -0.4 is 0 Å². The highest BCUT2D eigenvalue weighted by Gasteiger charge is 2.21. The number of rotatable bonds is 2. The van der Waals surface area contributed by atoms with Gasteiger partial charge in [0.25, 0.3) is 0 Å². The number of hydrogen-bond donors (Lipinski definition) is 0. The SMILES string of the molecule is Brc1cc2c(c3ccccc13)c1ccccc1n2-c1nc(-c2ccc3ccccc3c2)c2c(n1)sc1ccccc12. The van der Waals surface area contributed by atoms with Crippen LogP contribution >= 0.6 is 27.3 Å². The van der Waals surface area contributed by atoms with Gasteiger partial charge >= 0.3 is 0 Å². The van der Waals surface area contributed by atoms with Gasteiger partial charge in [0, 0.05) is 36.3 Å². The van der Waals surface area contributed by atoms with Gasteiger partial charge in [-0.2, -0.15) is 0 Å². The molecule has 0 bridgehead atoms. The third kappa shape index (κ3) is 3.37. The fourth-order valence-electron chi connectivity index (χ4n) is 6.26. The average Bonchev–Trinajstić information content (AvgIpc) is 3.56. The van der Waals surface area contributed by atoms with E-state index in [1.807, 2.05) is 0 Å². The summed E-state index contributed by atoms with van der Waals surface area (Å²) in [5.41, 5.74) is 4.23. The minimum absolute atomic E-state index is 0.681. The van der Waals surface area contributed by atoms with Gasteiger partial charge in [0.1, 0.15) is 4.83 Å². The van der Waals surface area contributed by atoms with Crippen molar-refractivity contribution in [3.63, 3.8) is 0 Å². The molecule has 3 nitrogen and oxygen atoms in total. The van der Waals surface area contributed by atoms with Crippen molar-refractivity contribution < 1.29 is 0 Å². The molecule has 0 unspecified atom stereocenters. The van der Waals surface area contributed by atoms with Crippen molar-refractivity contribution in [2.75, 3.05) is 0 Å². The minimum Gasteiger partial charge on any atom is -0.278 e. The highest BCUT2D eigenvalue weighted by atomic mass is 79.9. The Morgan fingerprint density at radius 1 is 0.561 bits per heavy atom. The molecule has 9 rings (SSSR count). The van der Waals surface area contributed by atoms with Crippen LogP contribution in [0.2, 0.25) is 0 Å². The molecule has 0 radical (unpaired) electrons. The Kier molecular flexibility index (Phi) is 4.92. The summed E-state index contributed by atoms with van der Waals surface area (Å²) >= 11 is 5.60. The molecule has 0 aliphatic heterocycles. The summed E-state index contributed by atoms with van der Waals surface area (Å²) in [6.45, 7) is 0. The molecule has 6 aromatic carbocycles.